The Hall–Kier alpha value is -1.47. The van der Waals surface area contributed by atoms with Gasteiger partial charge in [0.15, 0.2) is 14.1 Å². The third-order valence-corrected chi connectivity index (χ3v) is 6.97. The van der Waals surface area contributed by atoms with E-state index >= 15 is 0 Å². The number of fused-ring (bicyclic) bond motifs is 1. The summed E-state index contributed by atoms with van der Waals surface area (Å²) >= 11 is 14.2. The minimum atomic E-state index is 0.129. The van der Waals surface area contributed by atoms with E-state index in [1.54, 1.807) is 4.68 Å². The van der Waals surface area contributed by atoms with Gasteiger partial charge in [0.1, 0.15) is 0 Å². The van der Waals surface area contributed by atoms with Gasteiger partial charge in [0.05, 0.1) is 11.4 Å². The molecule has 3 nitrogen and oxygen atoms in total. The van der Waals surface area contributed by atoms with Crippen molar-refractivity contribution >= 4 is 52.7 Å². The van der Waals surface area contributed by atoms with E-state index in [-0.39, 0.29) is 5.78 Å². The summed E-state index contributed by atoms with van der Waals surface area (Å²) in [5.74, 6) is 0.491. The molecule has 132 valence electrons. The third-order valence-electron chi connectivity index (χ3n) is 4.35. The van der Waals surface area contributed by atoms with Gasteiger partial charge in [-0.15, -0.1) is 5.10 Å². The molecule has 0 saturated heterocycles. The summed E-state index contributed by atoms with van der Waals surface area (Å²) in [6.45, 7) is 0. The minimum Gasteiger partial charge on any atom is -0.293 e. The van der Waals surface area contributed by atoms with E-state index in [4.69, 9.17) is 23.8 Å². The van der Waals surface area contributed by atoms with Crippen molar-refractivity contribution in [3.05, 3.63) is 68.1 Å². The highest BCUT2D eigenvalue weighted by Crippen LogP contribution is 2.27. The maximum atomic E-state index is 12.5. The van der Waals surface area contributed by atoms with Gasteiger partial charge in [-0.3, -0.25) is 4.79 Å². The predicted molar refractivity (Wildman–Crippen MR) is 111 cm³/mol. The molecule has 0 atom stereocenters. The number of benzene rings is 2. The molecule has 0 bridgehead atoms. The molecule has 0 radical (unpaired) electrons. The van der Waals surface area contributed by atoms with Crippen molar-refractivity contribution in [3.63, 3.8) is 0 Å². The summed E-state index contributed by atoms with van der Waals surface area (Å²) in [4.78, 5) is 12.5. The van der Waals surface area contributed by atoms with Crippen LogP contribution in [0.1, 0.15) is 27.9 Å². The van der Waals surface area contributed by atoms with Crippen molar-refractivity contribution in [2.24, 2.45) is 0 Å². The lowest BCUT2D eigenvalue weighted by Crippen LogP contribution is -2.03. The Balaban J connectivity index is 1.46. The van der Waals surface area contributed by atoms with Crippen LogP contribution in [-0.2, 0) is 12.8 Å². The average molecular weight is 419 g/mol. The molecule has 2 aromatic carbocycles. The Kier molecular flexibility index (Phi) is 5.27. The molecule has 0 amide bonds. The van der Waals surface area contributed by atoms with E-state index in [1.807, 2.05) is 30.3 Å². The zero-order chi connectivity index (χ0) is 18.1. The zero-order valence-corrected chi connectivity index (χ0v) is 17.0. The number of rotatable bonds is 5. The van der Waals surface area contributed by atoms with E-state index < -0.39 is 0 Å². The lowest BCUT2D eigenvalue weighted by molar-refractivity contribution is 0.102. The number of aryl methyl sites for hydroxylation is 2. The van der Waals surface area contributed by atoms with E-state index in [2.05, 4.69) is 17.2 Å². The third kappa shape index (κ3) is 3.78. The van der Waals surface area contributed by atoms with E-state index in [0.29, 0.717) is 14.7 Å². The van der Waals surface area contributed by atoms with Crippen LogP contribution in [0.3, 0.4) is 0 Å². The van der Waals surface area contributed by atoms with Crippen LogP contribution in [-0.4, -0.2) is 21.3 Å². The van der Waals surface area contributed by atoms with Crippen LogP contribution >= 0.6 is 46.9 Å². The largest absolute Gasteiger partial charge is 0.293 e. The Morgan fingerprint density at radius 3 is 2.77 bits per heavy atom. The number of carbonyl (C=O) groups is 1. The summed E-state index contributed by atoms with van der Waals surface area (Å²) in [5, 5.41) is 5.20. The number of Topliss-reactive ketones (excluding diaryl/α,β-unsaturated/α-hetero) is 1. The lowest BCUT2D eigenvalue weighted by Gasteiger charge is -2.03. The molecule has 7 heteroatoms. The molecule has 26 heavy (non-hydrogen) atoms. The molecule has 0 aliphatic heterocycles. The van der Waals surface area contributed by atoms with Gasteiger partial charge in [0.25, 0.3) is 0 Å². The number of thioether (sulfide) groups is 1. The maximum Gasteiger partial charge on any atom is 0.184 e. The first-order valence-electron chi connectivity index (χ1n) is 8.24. The number of hydrogen-bond acceptors (Lipinski definition) is 5. The van der Waals surface area contributed by atoms with Gasteiger partial charge in [-0.1, -0.05) is 46.8 Å². The van der Waals surface area contributed by atoms with Gasteiger partial charge in [-0.25, -0.2) is 4.68 Å². The predicted octanol–water partition coefficient (Wildman–Crippen LogP) is 5.78. The SMILES string of the molecule is O=C(CSc1nn(-c2ccc(Cl)cc2)c(=S)s1)c1ccc2c(c1)CCC2. The molecule has 4 rings (SSSR count). The van der Waals surface area contributed by atoms with Crippen molar-refractivity contribution in [1.82, 2.24) is 9.78 Å². The number of halogens is 1. The summed E-state index contributed by atoms with van der Waals surface area (Å²) in [6.07, 6.45) is 3.40. The highest BCUT2D eigenvalue weighted by atomic mass is 35.5. The quantitative estimate of drug-likeness (QED) is 0.299. The van der Waals surface area contributed by atoms with E-state index in [1.165, 1.54) is 40.6 Å². The lowest BCUT2D eigenvalue weighted by atomic mass is 10.0. The van der Waals surface area contributed by atoms with Crippen LogP contribution in [0, 0.1) is 3.95 Å². The van der Waals surface area contributed by atoms with Gasteiger partial charge in [0, 0.05) is 10.6 Å². The monoisotopic (exact) mass is 418 g/mol. The van der Waals surface area contributed by atoms with Crippen LogP contribution in [0.15, 0.2) is 46.8 Å². The fourth-order valence-electron chi connectivity index (χ4n) is 3.02. The molecule has 0 saturated carbocycles. The van der Waals surface area contributed by atoms with Gasteiger partial charge in [0.2, 0.25) is 0 Å². The number of hydrogen-bond donors (Lipinski definition) is 0. The summed E-state index contributed by atoms with van der Waals surface area (Å²) in [7, 11) is 0. The Labute approximate surface area is 170 Å². The molecule has 0 N–H and O–H groups in total. The van der Waals surface area contributed by atoms with Crippen LogP contribution in [0.25, 0.3) is 5.69 Å². The number of carbonyl (C=O) groups excluding carboxylic acids is 1. The smallest absolute Gasteiger partial charge is 0.184 e. The second-order valence-electron chi connectivity index (χ2n) is 6.07. The van der Waals surface area contributed by atoms with Gasteiger partial charge in [-0.2, -0.15) is 0 Å². The summed E-state index contributed by atoms with van der Waals surface area (Å²) in [5.41, 5.74) is 4.36. The zero-order valence-electron chi connectivity index (χ0n) is 13.8. The normalized spacial score (nSPS) is 13.0. The van der Waals surface area contributed by atoms with Crippen LogP contribution in [0.2, 0.25) is 5.02 Å². The second-order valence-corrected chi connectivity index (χ2v) is 9.35. The standard InChI is InChI=1S/C19H15ClN2OS3/c20-15-6-8-16(9-7-15)22-19(24)26-18(21-22)25-11-17(23)14-5-4-12-2-1-3-13(12)10-14/h4-10H,1-3,11H2. The summed E-state index contributed by atoms with van der Waals surface area (Å²) in [6, 6.07) is 13.5. The fourth-order valence-corrected chi connectivity index (χ4v) is 5.40. The van der Waals surface area contributed by atoms with Gasteiger partial charge in [-0.05, 0) is 72.9 Å². The molecule has 3 aromatic rings. The Morgan fingerprint density at radius 1 is 1.19 bits per heavy atom. The fraction of sp³-hybridized carbons (Fsp3) is 0.211. The second kappa shape index (κ2) is 7.64. The molecule has 1 aliphatic carbocycles. The first kappa shape index (κ1) is 17.9. The van der Waals surface area contributed by atoms with Crippen molar-refractivity contribution < 1.29 is 4.79 Å². The Bertz CT molecular complexity index is 1020. The Morgan fingerprint density at radius 2 is 1.96 bits per heavy atom. The molecule has 1 aliphatic rings. The van der Waals surface area contributed by atoms with Crippen molar-refractivity contribution in [3.8, 4) is 5.69 Å². The van der Waals surface area contributed by atoms with Crippen LogP contribution in [0.5, 0.6) is 0 Å². The first-order valence-corrected chi connectivity index (χ1v) is 10.8. The van der Waals surface area contributed by atoms with Crippen molar-refractivity contribution in [2.45, 2.75) is 23.6 Å². The van der Waals surface area contributed by atoms with E-state index in [0.717, 1.165) is 28.4 Å². The summed E-state index contributed by atoms with van der Waals surface area (Å²) < 4.78 is 3.15. The molecule has 0 fully saturated rings. The molecule has 0 unspecified atom stereocenters. The maximum absolute atomic E-state index is 12.5. The molecular formula is C19H15ClN2OS3. The minimum absolute atomic E-state index is 0.129. The van der Waals surface area contributed by atoms with E-state index in [9.17, 15) is 4.79 Å². The highest BCUT2D eigenvalue weighted by molar-refractivity contribution is 8.01. The average Bonchev–Trinajstić information content (AvgIpc) is 3.26. The molecule has 1 heterocycles. The van der Waals surface area contributed by atoms with Gasteiger partial charge >= 0.3 is 0 Å². The molecular weight excluding hydrogens is 404 g/mol. The molecule has 1 aromatic heterocycles. The number of ketones is 1. The van der Waals surface area contributed by atoms with Crippen LogP contribution in [0.4, 0.5) is 0 Å². The topological polar surface area (TPSA) is 34.9 Å². The van der Waals surface area contributed by atoms with Crippen LogP contribution < -0.4 is 0 Å². The first-order chi connectivity index (χ1) is 12.6. The van der Waals surface area contributed by atoms with Crippen molar-refractivity contribution in [1.29, 1.82) is 0 Å². The highest BCUT2D eigenvalue weighted by Gasteiger charge is 2.15. The molecule has 0 spiro atoms. The van der Waals surface area contributed by atoms with Gasteiger partial charge < -0.3 is 0 Å². The number of nitrogens with zero attached hydrogens (tertiary/aromatic N) is 2. The van der Waals surface area contributed by atoms with Crippen molar-refractivity contribution in [2.75, 3.05) is 5.75 Å². The number of aromatic nitrogens is 2.